The van der Waals surface area contributed by atoms with Crippen molar-refractivity contribution in [2.24, 2.45) is 0 Å². The van der Waals surface area contributed by atoms with Crippen LogP contribution in [-0.2, 0) is 0 Å². The van der Waals surface area contributed by atoms with Gasteiger partial charge < -0.3 is 4.74 Å². The highest BCUT2D eigenvalue weighted by Crippen LogP contribution is 2.49. The molecule has 1 nitrogen and oxygen atoms in total. The average Bonchev–Trinajstić information content (AvgIpc) is 2.78. The van der Waals surface area contributed by atoms with Crippen LogP contribution >= 0.6 is 7.92 Å². The zero-order valence-corrected chi connectivity index (χ0v) is 16.4. The summed E-state index contributed by atoms with van der Waals surface area (Å²) in [4.78, 5) is 0. The SMILES string of the molecule is c1ccc(P(CC2c3ccccc3Oc3ccccc32)c2ccccc2)cc1. The van der Waals surface area contributed by atoms with Crippen molar-refractivity contribution in [2.45, 2.75) is 5.92 Å². The number of benzene rings is 4. The number of hydrogen-bond donors (Lipinski definition) is 0. The average molecular weight is 380 g/mol. The van der Waals surface area contributed by atoms with Crippen LogP contribution in [-0.4, -0.2) is 6.16 Å². The quantitative estimate of drug-likeness (QED) is 0.391. The van der Waals surface area contributed by atoms with Crippen LogP contribution in [0, 0.1) is 0 Å². The molecule has 0 atom stereocenters. The van der Waals surface area contributed by atoms with Gasteiger partial charge in [-0.2, -0.15) is 0 Å². The molecule has 0 fully saturated rings. The molecule has 0 amide bonds. The topological polar surface area (TPSA) is 9.23 Å². The van der Waals surface area contributed by atoms with Gasteiger partial charge in [-0.25, -0.2) is 0 Å². The van der Waals surface area contributed by atoms with E-state index >= 15 is 0 Å². The fourth-order valence-corrected chi connectivity index (χ4v) is 6.51. The second-order valence-corrected chi connectivity index (χ2v) is 9.27. The Morgan fingerprint density at radius 2 is 0.964 bits per heavy atom. The number of ether oxygens (including phenoxy) is 1. The first-order chi connectivity index (χ1) is 13.9. The lowest BCUT2D eigenvalue weighted by molar-refractivity contribution is 0.450. The van der Waals surface area contributed by atoms with Crippen molar-refractivity contribution in [1.29, 1.82) is 0 Å². The van der Waals surface area contributed by atoms with Crippen molar-refractivity contribution in [3.8, 4) is 11.5 Å². The summed E-state index contributed by atoms with van der Waals surface area (Å²) in [6, 6.07) is 38.9. The van der Waals surface area contributed by atoms with E-state index in [9.17, 15) is 0 Å². The minimum absolute atomic E-state index is 0.327. The van der Waals surface area contributed by atoms with Gasteiger partial charge in [0.25, 0.3) is 0 Å². The molecule has 0 spiro atoms. The number of rotatable bonds is 4. The van der Waals surface area contributed by atoms with Crippen LogP contribution in [0.3, 0.4) is 0 Å². The molecule has 1 aliphatic rings. The van der Waals surface area contributed by atoms with Gasteiger partial charge in [-0.1, -0.05) is 97.1 Å². The molecule has 136 valence electrons. The van der Waals surface area contributed by atoms with Crippen LogP contribution in [0.2, 0.25) is 0 Å². The van der Waals surface area contributed by atoms with Gasteiger partial charge in [-0.3, -0.25) is 0 Å². The van der Waals surface area contributed by atoms with Gasteiger partial charge in [0.05, 0.1) is 0 Å². The first kappa shape index (κ1) is 17.2. The van der Waals surface area contributed by atoms with Crippen molar-refractivity contribution in [2.75, 3.05) is 6.16 Å². The van der Waals surface area contributed by atoms with Crippen LogP contribution in [0.15, 0.2) is 109 Å². The van der Waals surface area contributed by atoms with E-state index in [1.54, 1.807) is 0 Å². The summed E-state index contributed by atoms with van der Waals surface area (Å²) in [7, 11) is -0.478. The van der Waals surface area contributed by atoms with Crippen molar-refractivity contribution < 1.29 is 4.74 Å². The maximum Gasteiger partial charge on any atom is 0.131 e. The molecule has 1 heterocycles. The van der Waals surface area contributed by atoms with Crippen molar-refractivity contribution >= 4 is 18.5 Å². The summed E-state index contributed by atoms with van der Waals surface area (Å²) in [5.41, 5.74) is 2.58. The highest BCUT2D eigenvalue weighted by atomic mass is 31.1. The zero-order valence-electron chi connectivity index (χ0n) is 15.5. The third-order valence-electron chi connectivity index (χ3n) is 5.31. The molecule has 2 heteroatoms. The van der Waals surface area contributed by atoms with Gasteiger partial charge in [0.15, 0.2) is 0 Å². The van der Waals surface area contributed by atoms with Crippen LogP contribution in [0.25, 0.3) is 0 Å². The smallest absolute Gasteiger partial charge is 0.131 e. The predicted octanol–water partition coefficient (Wildman–Crippen LogP) is 6.06. The van der Waals surface area contributed by atoms with Crippen LogP contribution in [0.4, 0.5) is 0 Å². The molecule has 1 aliphatic heterocycles. The normalized spacial score (nSPS) is 12.9. The molecule has 0 unspecified atom stereocenters. The number of para-hydroxylation sites is 2. The van der Waals surface area contributed by atoms with E-state index in [0.29, 0.717) is 5.92 Å². The van der Waals surface area contributed by atoms with Gasteiger partial charge in [-0.15, -0.1) is 0 Å². The Morgan fingerprint density at radius 3 is 1.46 bits per heavy atom. The monoisotopic (exact) mass is 380 g/mol. The summed E-state index contributed by atoms with van der Waals surface area (Å²) in [5, 5.41) is 2.84. The van der Waals surface area contributed by atoms with Gasteiger partial charge in [-0.05, 0) is 36.8 Å². The Hall–Kier alpha value is -2.89. The summed E-state index contributed by atoms with van der Waals surface area (Å²) in [6.07, 6.45) is 1.07. The van der Waals surface area contributed by atoms with Gasteiger partial charge in [0, 0.05) is 17.0 Å². The zero-order chi connectivity index (χ0) is 18.8. The lowest BCUT2D eigenvalue weighted by Crippen LogP contribution is -2.20. The third-order valence-corrected chi connectivity index (χ3v) is 7.88. The minimum Gasteiger partial charge on any atom is -0.457 e. The maximum absolute atomic E-state index is 6.21. The Morgan fingerprint density at radius 1 is 0.536 bits per heavy atom. The summed E-state index contributed by atoms with van der Waals surface area (Å²) in [6.45, 7) is 0. The lowest BCUT2D eigenvalue weighted by atomic mass is 9.89. The fourth-order valence-electron chi connectivity index (χ4n) is 3.96. The van der Waals surface area contributed by atoms with E-state index in [-0.39, 0.29) is 0 Å². The molecule has 0 radical (unpaired) electrons. The van der Waals surface area contributed by atoms with E-state index in [1.165, 1.54) is 21.7 Å². The van der Waals surface area contributed by atoms with Crippen LogP contribution < -0.4 is 15.3 Å². The van der Waals surface area contributed by atoms with Gasteiger partial charge >= 0.3 is 0 Å². The number of fused-ring (bicyclic) bond motifs is 2. The summed E-state index contributed by atoms with van der Waals surface area (Å²) >= 11 is 0. The minimum atomic E-state index is -0.478. The lowest BCUT2D eigenvalue weighted by Gasteiger charge is -2.31. The first-order valence-electron chi connectivity index (χ1n) is 9.63. The van der Waals surface area contributed by atoms with Gasteiger partial charge in [0.2, 0.25) is 0 Å². The van der Waals surface area contributed by atoms with E-state index < -0.39 is 7.92 Å². The third kappa shape index (κ3) is 3.23. The van der Waals surface area contributed by atoms with Crippen molar-refractivity contribution in [3.05, 3.63) is 120 Å². The Kier molecular flexibility index (Phi) is 4.69. The molecule has 0 bridgehead atoms. The molecule has 0 N–H and O–H groups in total. The second kappa shape index (κ2) is 7.62. The van der Waals surface area contributed by atoms with Gasteiger partial charge in [0.1, 0.15) is 11.5 Å². The van der Waals surface area contributed by atoms with Crippen LogP contribution in [0.5, 0.6) is 11.5 Å². The van der Waals surface area contributed by atoms with E-state index in [4.69, 9.17) is 4.74 Å². The molecule has 0 saturated heterocycles. The molecule has 0 saturated carbocycles. The van der Waals surface area contributed by atoms with Crippen LogP contribution in [0.1, 0.15) is 17.0 Å². The molecular formula is C26H21OP. The highest BCUT2D eigenvalue weighted by Gasteiger charge is 2.30. The standard InChI is InChI=1S/C26H21OP/c1-3-11-20(12-4-1)28(21-13-5-2-6-14-21)19-24-22-15-7-9-17-25(22)27-26-18-10-8-16-23(24)26/h1-18,24H,19H2. The molecule has 28 heavy (non-hydrogen) atoms. The Balaban J connectivity index is 1.62. The molecule has 0 aliphatic carbocycles. The molecule has 4 aromatic carbocycles. The number of hydrogen-bond acceptors (Lipinski definition) is 1. The van der Waals surface area contributed by atoms with E-state index in [1.807, 2.05) is 0 Å². The molecular weight excluding hydrogens is 359 g/mol. The Bertz CT molecular complexity index is 991. The summed E-state index contributed by atoms with van der Waals surface area (Å²) < 4.78 is 6.21. The van der Waals surface area contributed by atoms with E-state index in [0.717, 1.165) is 17.7 Å². The fraction of sp³-hybridized carbons (Fsp3) is 0.0769. The summed E-state index contributed by atoms with van der Waals surface area (Å²) in [5.74, 6) is 2.30. The first-order valence-corrected chi connectivity index (χ1v) is 11.2. The second-order valence-electron chi connectivity index (χ2n) is 7.01. The maximum atomic E-state index is 6.21. The highest BCUT2D eigenvalue weighted by molar-refractivity contribution is 7.73. The largest absolute Gasteiger partial charge is 0.457 e. The Labute approximate surface area is 167 Å². The van der Waals surface area contributed by atoms with Crippen molar-refractivity contribution in [3.63, 3.8) is 0 Å². The molecule has 4 aromatic rings. The van der Waals surface area contributed by atoms with Crippen molar-refractivity contribution in [1.82, 2.24) is 0 Å². The van der Waals surface area contributed by atoms with E-state index in [2.05, 4.69) is 109 Å². The molecule has 5 rings (SSSR count). The predicted molar refractivity (Wildman–Crippen MR) is 119 cm³/mol. The molecule has 0 aromatic heterocycles.